The number of halogens is 2. The Morgan fingerprint density at radius 2 is 2.12 bits per heavy atom. The van der Waals surface area contributed by atoms with E-state index in [0.717, 1.165) is 12.8 Å². The highest BCUT2D eigenvalue weighted by atomic mass is 19.3. The Morgan fingerprint density at radius 3 is 2.65 bits per heavy atom. The molecule has 98 valence electrons. The van der Waals surface area contributed by atoms with Crippen LogP contribution in [0.5, 0.6) is 0 Å². The summed E-state index contributed by atoms with van der Waals surface area (Å²) >= 11 is 0. The molecule has 0 aromatic rings. The van der Waals surface area contributed by atoms with Gasteiger partial charge in [-0.3, -0.25) is 4.79 Å². The van der Waals surface area contributed by atoms with E-state index in [1.54, 1.807) is 11.9 Å². The first-order valence-electron chi connectivity index (χ1n) is 6.06. The molecule has 2 aliphatic rings. The minimum absolute atomic E-state index is 0.100. The number of carbonyl (C=O) groups is 1. The number of esters is 1. The maximum atomic E-state index is 14.2. The van der Waals surface area contributed by atoms with Gasteiger partial charge in [0.25, 0.3) is 5.92 Å². The van der Waals surface area contributed by atoms with Crippen LogP contribution >= 0.6 is 0 Å². The van der Waals surface area contributed by atoms with E-state index in [2.05, 4.69) is 4.74 Å². The molecule has 0 spiro atoms. The zero-order valence-electron chi connectivity index (χ0n) is 10.3. The Balaban J connectivity index is 2.29. The van der Waals surface area contributed by atoms with Gasteiger partial charge >= 0.3 is 5.97 Å². The average Bonchev–Trinajstić information content (AvgIpc) is 3.06. The number of piperidine rings is 1. The smallest absolute Gasteiger partial charge is 0.319 e. The van der Waals surface area contributed by atoms with E-state index in [9.17, 15) is 13.6 Å². The molecule has 0 bridgehead atoms. The molecule has 0 aromatic carbocycles. The molecule has 2 rings (SSSR count). The highest BCUT2D eigenvalue weighted by Crippen LogP contribution is 2.52. The topological polar surface area (TPSA) is 29.5 Å². The quantitative estimate of drug-likeness (QED) is 0.714. The lowest BCUT2D eigenvalue weighted by Crippen LogP contribution is -2.59. The second kappa shape index (κ2) is 4.19. The van der Waals surface area contributed by atoms with E-state index >= 15 is 0 Å². The van der Waals surface area contributed by atoms with Gasteiger partial charge in [-0.25, -0.2) is 8.78 Å². The van der Waals surface area contributed by atoms with Crippen molar-refractivity contribution in [3.63, 3.8) is 0 Å². The third kappa shape index (κ3) is 2.17. The summed E-state index contributed by atoms with van der Waals surface area (Å²) in [5.41, 5.74) is -1.63. The Hall–Kier alpha value is -0.710. The van der Waals surface area contributed by atoms with Crippen molar-refractivity contribution >= 4 is 5.97 Å². The van der Waals surface area contributed by atoms with Gasteiger partial charge in [0.2, 0.25) is 0 Å². The van der Waals surface area contributed by atoms with E-state index in [1.807, 2.05) is 0 Å². The number of hydrogen-bond donors (Lipinski definition) is 0. The Bertz CT molecular complexity index is 314. The summed E-state index contributed by atoms with van der Waals surface area (Å²) in [6.45, 7) is 0.430. The van der Waals surface area contributed by atoms with Gasteiger partial charge in [-0.05, 0) is 19.4 Å². The van der Waals surface area contributed by atoms with Crippen molar-refractivity contribution in [3.8, 4) is 0 Å². The van der Waals surface area contributed by atoms with Crippen LogP contribution in [0.1, 0.15) is 25.7 Å². The molecule has 1 atom stereocenters. The average molecular weight is 247 g/mol. The lowest BCUT2D eigenvalue weighted by Gasteiger charge is -2.45. The molecule has 0 radical (unpaired) electrons. The molecule has 1 aliphatic heterocycles. The molecule has 0 N–H and O–H groups in total. The predicted molar refractivity (Wildman–Crippen MR) is 58.9 cm³/mol. The molecule has 0 aromatic heterocycles. The van der Waals surface area contributed by atoms with E-state index in [-0.39, 0.29) is 25.3 Å². The maximum Gasteiger partial charge on any atom is 0.319 e. The number of carbonyl (C=O) groups excluding carboxylic acids is 1. The normalized spacial score (nSPS) is 33.4. The van der Waals surface area contributed by atoms with Crippen LogP contribution in [0.15, 0.2) is 0 Å². The van der Waals surface area contributed by atoms with Crippen molar-refractivity contribution < 1.29 is 18.3 Å². The Kier molecular flexibility index (Phi) is 3.14. The van der Waals surface area contributed by atoms with Crippen LogP contribution in [0.25, 0.3) is 0 Å². The Labute approximate surface area is 100 Å². The third-order valence-corrected chi connectivity index (χ3v) is 3.96. The summed E-state index contributed by atoms with van der Waals surface area (Å²) in [6, 6.07) is 0. The zero-order chi connectivity index (χ0) is 12.7. The van der Waals surface area contributed by atoms with Crippen LogP contribution in [0, 0.1) is 11.3 Å². The number of alkyl halides is 2. The molecular formula is C12H19F2NO2. The standard InChI is InChI=1S/C12H19F2NO2/c1-15-6-5-12(13,14)11(8-15,10(16)17-2)7-9-3-4-9/h9H,3-8H2,1-2H3. The number of rotatable bonds is 3. The highest BCUT2D eigenvalue weighted by molar-refractivity contribution is 5.78. The first-order valence-corrected chi connectivity index (χ1v) is 6.06. The molecule has 17 heavy (non-hydrogen) atoms. The molecule has 1 heterocycles. The van der Waals surface area contributed by atoms with Crippen molar-refractivity contribution in [2.75, 3.05) is 27.2 Å². The monoisotopic (exact) mass is 247 g/mol. The first-order chi connectivity index (χ1) is 7.91. The summed E-state index contributed by atoms with van der Waals surface area (Å²) in [6.07, 6.45) is 1.92. The summed E-state index contributed by atoms with van der Waals surface area (Å²) in [7, 11) is 2.97. The van der Waals surface area contributed by atoms with Gasteiger partial charge in [-0.15, -0.1) is 0 Å². The van der Waals surface area contributed by atoms with E-state index in [4.69, 9.17) is 0 Å². The predicted octanol–water partition coefficient (Wildman–Crippen LogP) is 1.92. The van der Waals surface area contributed by atoms with Gasteiger partial charge in [0.15, 0.2) is 0 Å². The molecule has 0 amide bonds. The van der Waals surface area contributed by atoms with E-state index in [0.29, 0.717) is 6.54 Å². The van der Waals surface area contributed by atoms with Crippen LogP contribution < -0.4 is 0 Å². The molecule has 1 unspecified atom stereocenters. The zero-order valence-corrected chi connectivity index (χ0v) is 10.3. The SMILES string of the molecule is COC(=O)C1(CC2CC2)CN(C)CCC1(F)F. The summed E-state index contributed by atoms with van der Waals surface area (Å²) < 4.78 is 33.1. The van der Waals surface area contributed by atoms with Crippen LogP contribution in [0.2, 0.25) is 0 Å². The van der Waals surface area contributed by atoms with Gasteiger partial charge < -0.3 is 9.64 Å². The fraction of sp³-hybridized carbons (Fsp3) is 0.917. The second-order valence-electron chi connectivity index (χ2n) is 5.41. The van der Waals surface area contributed by atoms with Crippen LogP contribution in [0.4, 0.5) is 8.78 Å². The highest BCUT2D eigenvalue weighted by Gasteiger charge is 2.63. The molecule has 1 saturated heterocycles. The van der Waals surface area contributed by atoms with E-state index in [1.165, 1.54) is 7.11 Å². The fourth-order valence-electron chi connectivity index (χ4n) is 2.75. The van der Waals surface area contributed by atoms with Crippen LogP contribution in [-0.2, 0) is 9.53 Å². The number of ether oxygens (including phenoxy) is 1. The summed E-state index contributed by atoms with van der Waals surface area (Å²) in [4.78, 5) is 13.7. The van der Waals surface area contributed by atoms with Gasteiger partial charge in [-0.2, -0.15) is 0 Å². The molecule has 3 nitrogen and oxygen atoms in total. The molecule has 2 fully saturated rings. The number of likely N-dealkylation sites (tertiary alicyclic amines) is 1. The summed E-state index contributed by atoms with van der Waals surface area (Å²) in [5.74, 6) is -3.43. The lowest BCUT2D eigenvalue weighted by atomic mass is 9.72. The number of methoxy groups -OCH3 is 1. The lowest BCUT2D eigenvalue weighted by molar-refractivity contribution is -0.201. The minimum atomic E-state index is -2.95. The van der Waals surface area contributed by atoms with Gasteiger partial charge in [0.05, 0.1) is 7.11 Å². The van der Waals surface area contributed by atoms with E-state index < -0.39 is 17.3 Å². The molecule has 1 aliphatic carbocycles. The molecule has 5 heteroatoms. The molecular weight excluding hydrogens is 228 g/mol. The maximum absolute atomic E-state index is 14.2. The molecule has 1 saturated carbocycles. The van der Waals surface area contributed by atoms with Crippen molar-refractivity contribution in [2.45, 2.75) is 31.6 Å². The van der Waals surface area contributed by atoms with Gasteiger partial charge in [0.1, 0.15) is 5.41 Å². The van der Waals surface area contributed by atoms with Crippen molar-refractivity contribution in [2.24, 2.45) is 11.3 Å². The van der Waals surface area contributed by atoms with Gasteiger partial charge in [0, 0.05) is 19.5 Å². The Morgan fingerprint density at radius 1 is 1.47 bits per heavy atom. The third-order valence-electron chi connectivity index (χ3n) is 3.96. The van der Waals surface area contributed by atoms with Crippen molar-refractivity contribution in [1.29, 1.82) is 0 Å². The van der Waals surface area contributed by atoms with Crippen molar-refractivity contribution in [1.82, 2.24) is 4.90 Å². The van der Waals surface area contributed by atoms with Crippen molar-refractivity contribution in [3.05, 3.63) is 0 Å². The summed E-state index contributed by atoms with van der Waals surface area (Å²) in [5, 5.41) is 0. The fourth-order valence-corrected chi connectivity index (χ4v) is 2.75. The van der Waals surface area contributed by atoms with Gasteiger partial charge in [-0.1, -0.05) is 12.8 Å². The first kappa shape index (κ1) is 12.7. The largest absolute Gasteiger partial charge is 0.468 e. The van der Waals surface area contributed by atoms with Crippen LogP contribution in [-0.4, -0.2) is 44.0 Å². The second-order valence-corrected chi connectivity index (χ2v) is 5.41. The number of hydrogen-bond acceptors (Lipinski definition) is 3. The minimum Gasteiger partial charge on any atom is -0.468 e. The van der Waals surface area contributed by atoms with Crippen LogP contribution in [0.3, 0.4) is 0 Å². The number of nitrogens with zero attached hydrogens (tertiary/aromatic N) is 1.